The van der Waals surface area contributed by atoms with Gasteiger partial charge in [-0.1, -0.05) is 32.0 Å². The van der Waals surface area contributed by atoms with Crippen LogP contribution in [0.2, 0.25) is 0 Å². The number of aliphatic hydroxyl groups excluding tert-OH is 1. The van der Waals surface area contributed by atoms with Gasteiger partial charge in [-0.15, -0.1) is 0 Å². The third-order valence-corrected chi connectivity index (χ3v) is 2.66. The first-order chi connectivity index (χ1) is 8.09. The van der Waals surface area contributed by atoms with E-state index in [-0.39, 0.29) is 6.04 Å². The van der Waals surface area contributed by atoms with Crippen molar-refractivity contribution in [3.05, 3.63) is 30.3 Å². The monoisotopic (exact) mass is 237 g/mol. The number of nitrogens with two attached hydrogens (primary N) is 1. The van der Waals surface area contributed by atoms with Gasteiger partial charge in [-0.2, -0.15) is 0 Å². The van der Waals surface area contributed by atoms with E-state index in [1.807, 2.05) is 30.3 Å². The molecule has 0 heterocycles. The van der Waals surface area contributed by atoms with E-state index < -0.39 is 6.10 Å². The van der Waals surface area contributed by atoms with Crippen LogP contribution in [0, 0.1) is 5.92 Å². The Kier molecular flexibility index (Phi) is 6.01. The molecule has 0 aliphatic carbocycles. The maximum atomic E-state index is 9.84. The molecule has 0 aromatic heterocycles. The highest BCUT2D eigenvalue weighted by molar-refractivity contribution is 5.20. The summed E-state index contributed by atoms with van der Waals surface area (Å²) in [6, 6.07) is 9.45. The Morgan fingerprint density at radius 1 is 1.24 bits per heavy atom. The highest BCUT2D eigenvalue weighted by Crippen LogP contribution is 2.11. The van der Waals surface area contributed by atoms with Crippen LogP contribution in [0.5, 0.6) is 5.75 Å². The average Bonchev–Trinajstić information content (AvgIpc) is 2.29. The number of aliphatic hydroxyl groups is 1. The van der Waals surface area contributed by atoms with Crippen molar-refractivity contribution in [2.45, 2.75) is 38.8 Å². The van der Waals surface area contributed by atoms with Crippen molar-refractivity contribution in [1.82, 2.24) is 0 Å². The fourth-order valence-corrected chi connectivity index (χ4v) is 1.73. The molecule has 3 heteroatoms. The molecule has 1 aromatic carbocycles. The molecule has 96 valence electrons. The van der Waals surface area contributed by atoms with E-state index in [1.54, 1.807) is 0 Å². The maximum Gasteiger partial charge on any atom is 0.119 e. The third-order valence-electron chi connectivity index (χ3n) is 2.66. The molecule has 3 nitrogen and oxygen atoms in total. The van der Waals surface area contributed by atoms with E-state index in [4.69, 9.17) is 10.5 Å². The molecule has 1 rings (SSSR count). The molecule has 0 fully saturated rings. The highest BCUT2D eigenvalue weighted by atomic mass is 16.5. The summed E-state index contributed by atoms with van der Waals surface area (Å²) in [5.74, 6) is 1.34. The Labute approximate surface area is 104 Å². The molecule has 0 bridgehead atoms. The zero-order valence-electron chi connectivity index (χ0n) is 10.7. The second kappa shape index (κ2) is 7.30. The molecule has 0 unspecified atom stereocenters. The second-order valence-electron chi connectivity index (χ2n) is 4.81. The lowest BCUT2D eigenvalue weighted by atomic mass is 9.98. The number of ether oxygens (including phenoxy) is 1. The molecule has 0 aliphatic heterocycles. The van der Waals surface area contributed by atoms with Crippen LogP contribution in [0.15, 0.2) is 30.3 Å². The van der Waals surface area contributed by atoms with E-state index in [0.717, 1.165) is 12.2 Å². The van der Waals surface area contributed by atoms with Crippen molar-refractivity contribution < 1.29 is 9.84 Å². The molecule has 0 saturated carbocycles. The maximum absolute atomic E-state index is 9.84. The number of para-hydroxylation sites is 1. The van der Waals surface area contributed by atoms with E-state index in [0.29, 0.717) is 18.9 Å². The van der Waals surface area contributed by atoms with E-state index in [2.05, 4.69) is 13.8 Å². The minimum Gasteiger partial charge on any atom is -0.493 e. The number of hydrogen-bond acceptors (Lipinski definition) is 3. The summed E-state index contributed by atoms with van der Waals surface area (Å²) in [5, 5.41) is 9.84. The van der Waals surface area contributed by atoms with Gasteiger partial charge < -0.3 is 15.6 Å². The first-order valence-corrected chi connectivity index (χ1v) is 6.21. The van der Waals surface area contributed by atoms with E-state index >= 15 is 0 Å². The highest BCUT2D eigenvalue weighted by Gasteiger charge is 2.15. The van der Waals surface area contributed by atoms with Gasteiger partial charge in [0.1, 0.15) is 5.75 Å². The van der Waals surface area contributed by atoms with Gasteiger partial charge >= 0.3 is 0 Å². The smallest absolute Gasteiger partial charge is 0.119 e. The normalized spacial score (nSPS) is 14.6. The molecular formula is C14H23NO2. The van der Waals surface area contributed by atoms with Crippen molar-refractivity contribution >= 4 is 0 Å². The molecule has 2 atom stereocenters. The SMILES string of the molecule is CC(C)C[C@H](N)[C@@H](O)CCOc1ccccc1. The predicted octanol–water partition coefficient (Wildman–Crippen LogP) is 2.19. The lowest BCUT2D eigenvalue weighted by Gasteiger charge is -2.20. The Morgan fingerprint density at radius 2 is 1.88 bits per heavy atom. The second-order valence-corrected chi connectivity index (χ2v) is 4.81. The predicted molar refractivity (Wildman–Crippen MR) is 70.0 cm³/mol. The quantitative estimate of drug-likeness (QED) is 0.764. The van der Waals surface area contributed by atoms with Crippen molar-refractivity contribution in [3.8, 4) is 5.75 Å². The van der Waals surface area contributed by atoms with E-state index in [1.165, 1.54) is 0 Å². The summed E-state index contributed by atoms with van der Waals surface area (Å²) in [7, 11) is 0. The van der Waals surface area contributed by atoms with Gasteiger partial charge in [-0.3, -0.25) is 0 Å². The first-order valence-electron chi connectivity index (χ1n) is 6.21. The molecule has 0 radical (unpaired) electrons. The summed E-state index contributed by atoms with van der Waals surface area (Å²) < 4.78 is 5.52. The number of rotatable bonds is 7. The fourth-order valence-electron chi connectivity index (χ4n) is 1.73. The Balaban J connectivity index is 2.22. The Morgan fingerprint density at radius 3 is 2.47 bits per heavy atom. The summed E-state index contributed by atoms with van der Waals surface area (Å²) in [5.41, 5.74) is 5.89. The summed E-state index contributed by atoms with van der Waals surface area (Å²) >= 11 is 0. The van der Waals surface area contributed by atoms with Crippen LogP contribution in [0.1, 0.15) is 26.7 Å². The molecule has 0 saturated heterocycles. The van der Waals surface area contributed by atoms with Crippen molar-refractivity contribution in [2.75, 3.05) is 6.61 Å². The lowest BCUT2D eigenvalue weighted by Crippen LogP contribution is -2.36. The summed E-state index contributed by atoms with van der Waals surface area (Å²) in [6.07, 6.45) is 0.927. The van der Waals surface area contributed by atoms with Gasteiger partial charge in [0, 0.05) is 12.5 Å². The minimum absolute atomic E-state index is 0.158. The molecule has 1 aromatic rings. The first kappa shape index (κ1) is 14.0. The fraction of sp³-hybridized carbons (Fsp3) is 0.571. The van der Waals surface area contributed by atoms with Crippen LogP contribution >= 0.6 is 0 Å². The topological polar surface area (TPSA) is 55.5 Å². The van der Waals surface area contributed by atoms with Crippen molar-refractivity contribution in [3.63, 3.8) is 0 Å². The minimum atomic E-state index is -0.485. The average molecular weight is 237 g/mol. The molecule has 0 amide bonds. The zero-order valence-corrected chi connectivity index (χ0v) is 10.7. The largest absolute Gasteiger partial charge is 0.493 e. The van der Waals surface area contributed by atoms with Crippen LogP contribution in [0.25, 0.3) is 0 Å². The van der Waals surface area contributed by atoms with Gasteiger partial charge in [0.25, 0.3) is 0 Å². The Hall–Kier alpha value is -1.06. The van der Waals surface area contributed by atoms with Crippen LogP contribution in [-0.4, -0.2) is 23.9 Å². The molecular weight excluding hydrogens is 214 g/mol. The van der Waals surface area contributed by atoms with Gasteiger partial charge in [-0.05, 0) is 24.5 Å². The number of hydrogen-bond donors (Lipinski definition) is 2. The third kappa shape index (κ3) is 5.71. The molecule has 17 heavy (non-hydrogen) atoms. The summed E-state index contributed by atoms with van der Waals surface area (Å²) in [4.78, 5) is 0. The zero-order chi connectivity index (χ0) is 12.7. The standard InChI is InChI=1S/C14H23NO2/c1-11(2)10-13(15)14(16)8-9-17-12-6-4-3-5-7-12/h3-7,11,13-14,16H,8-10,15H2,1-2H3/t13-,14-/m0/s1. The van der Waals surface area contributed by atoms with Crippen molar-refractivity contribution in [2.24, 2.45) is 11.7 Å². The van der Waals surface area contributed by atoms with Crippen LogP contribution < -0.4 is 10.5 Å². The van der Waals surface area contributed by atoms with E-state index in [9.17, 15) is 5.11 Å². The Bertz CT molecular complexity index is 300. The van der Waals surface area contributed by atoms with Gasteiger partial charge in [0.05, 0.1) is 12.7 Å². The van der Waals surface area contributed by atoms with Crippen molar-refractivity contribution in [1.29, 1.82) is 0 Å². The van der Waals surface area contributed by atoms with Crippen LogP contribution in [0.4, 0.5) is 0 Å². The lowest BCUT2D eigenvalue weighted by molar-refractivity contribution is 0.106. The van der Waals surface area contributed by atoms with Gasteiger partial charge in [-0.25, -0.2) is 0 Å². The number of benzene rings is 1. The van der Waals surface area contributed by atoms with Crippen LogP contribution in [-0.2, 0) is 0 Å². The molecule has 0 spiro atoms. The van der Waals surface area contributed by atoms with Gasteiger partial charge in [0.15, 0.2) is 0 Å². The molecule has 3 N–H and O–H groups in total. The summed E-state index contributed by atoms with van der Waals surface area (Å²) in [6.45, 7) is 4.71. The van der Waals surface area contributed by atoms with Crippen LogP contribution in [0.3, 0.4) is 0 Å². The molecule has 0 aliphatic rings. The van der Waals surface area contributed by atoms with Gasteiger partial charge in [0.2, 0.25) is 0 Å².